The molecule has 0 saturated heterocycles. The van der Waals surface area contributed by atoms with Crippen molar-refractivity contribution in [2.24, 2.45) is 0 Å². The van der Waals surface area contributed by atoms with Crippen molar-refractivity contribution in [2.75, 3.05) is 0 Å². The average Bonchev–Trinajstić information content (AvgIpc) is 0.722. The monoisotopic (exact) mass is 172 g/mol. The van der Waals surface area contributed by atoms with Crippen molar-refractivity contribution in [3.05, 3.63) is 0 Å². The Hall–Kier alpha value is 1.06. The molecule has 0 N–H and O–H groups in total. The van der Waals surface area contributed by atoms with E-state index in [1.165, 1.54) is 0 Å². The maximum atomic E-state index is 10.8. The van der Waals surface area contributed by atoms with E-state index in [9.17, 15) is 6.63 Å². The first kappa shape index (κ1) is 6.06. The van der Waals surface area contributed by atoms with E-state index in [-0.39, 0.29) is 0 Å². The van der Waals surface area contributed by atoms with Crippen LogP contribution in [0.3, 0.4) is 0 Å². The molecule has 0 aromatic rings. The van der Waals surface area contributed by atoms with E-state index in [2.05, 4.69) is 19.4 Å². The molecule has 0 bridgehead atoms. The quantitative estimate of drug-likeness (QED) is 0.494. The first-order valence-electron chi connectivity index (χ1n) is 1.07. The third kappa shape index (κ3) is 42.0. The standard InChI is InChI=1S/2ClH.2FH.Zn/h4*1H;/q;;;;+2/p-4. The minimum atomic E-state index is -5.31. The van der Waals surface area contributed by atoms with E-state index in [4.69, 9.17) is 0 Å². The van der Waals surface area contributed by atoms with Crippen LogP contribution < -0.4 is 0 Å². The van der Waals surface area contributed by atoms with Crippen LogP contribution in [0.1, 0.15) is 0 Å². The van der Waals surface area contributed by atoms with Gasteiger partial charge in [-0.2, -0.15) is 0 Å². The number of hydrogen-bond donors (Lipinski definition) is 0. The number of hydrogen-bond acceptors (Lipinski definition) is 0. The van der Waals surface area contributed by atoms with Gasteiger partial charge in [-0.25, -0.2) is 0 Å². The zero-order valence-electron chi connectivity index (χ0n) is 2.22. The molecule has 0 aromatic carbocycles. The summed E-state index contributed by atoms with van der Waals surface area (Å²) < 4.78 is 21.5. The van der Waals surface area contributed by atoms with Crippen molar-refractivity contribution in [2.45, 2.75) is 0 Å². The van der Waals surface area contributed by atoms with Crippen LogP contribution in [0.4, 0.5) is 6.63 Å². The van der Waals surface area contributed by atoms with Gasteiger partial charge in [0.15, 0.2) is 0 Å². The third-order valence-corrected chi connectivity index (χ3v) is 0. The molecule has 0 nitrogen and oxygen atoms in total. The molecule has 0 aliphatic heterocycles. The summed E-state index contributed by atoms with van der Waals surface area (Å²) in [4.78, 5) is 0. The van der Waals surface area contributed by atoms with Crippen LogP contribution in [0.5, 0.6) is 0 Å². The van der Waals surface area contributed by atoms with E-state index in [0.717, 1.165) is 0 Å². The molecule has 5 heavy (non-hydrogen) atoms. The predicted octanol–water partition coefficient (Wildman–Crippen LogP) is 2.22. The molecule has 0 aliphatic rings. The van der Waals surface area contributed by atoms with Crippen molar-refractivity contribution < 1.29 is 20.4 Å². The normalized spacial score (nSPS) is 12.0. The first-order chi connectivity index (χ1) is 2.00. The topological polar surface area (TPSA) is 0 Å². The van der Waals surface area contributed by atoms with Gasteiger partial charge >= 0.3 is 39.8 Å². The molecule has 0 radical (unpaired) electrons. The van der Waals surface area contributed by atoms with Crippen LogP contribution in [-0.2, 0) is 13.8 Å². The molecule has 0 atom stereocenters. The Bertz CT molecular complexity index is 23.1. The van der Waals surface area contributed by atoms with Crippen molar-refractivity contribution in [3.8, 4) is 0 Å². The third-order valence-electron chi connectivity index (χ3n) is 0. The molecule has 0 heterocycles. The molecule has 0 fully saturated rings. The van der Waals surface area contributed by atoms with Crippen molar-refractivity contribution >= 4 is 19.4 Å². The summed E-state index contributed by atoms with van der Waals surface area (Å²) in [6.45, 7) is 0. The van der Waals surface area contributed by atoms with Gasteiger partial charge in [-0.05, 0) is 0 Å². The van der Waals surface area contributed by atoms with Gasteiger partial charge in [-0.15, -0.1) is 0 Å². The van der Waals surface area contributed by atoms with Crippen LogP contribution >= 0.6 is 19.4 Å². The van der Waals surface area contributed by atoms with Gasteiger partial charge in [0.05, 0.1) is 0 Å². The molecule has 0 aliphatic carbocycles. The summed E-state index contributed by atoms with van der Waals surface area (Å²) in [6, 6.07) is 0. The zero-order chi connectivity index (χ0) is 4.50. The Labute approximate surface area is 40.1 Å². The van der Waals surface area contributed by atoms with Crippen LogP contribution in [0, 0.1) is 0 Å². The molecule has 0 rings (SSSR count). The maximum absolute atomic E-state index is 10.8. The molecule has 0 aromatic heterocycles. The molecule has 0 unspecified atom stereocenters. The van der Waals surface area contributed by atoms with Gasteiger partial charge in [0.25, 0.3) is 0 Å². The molecular weight excluding hydrogens is 174 g/mol. The van der Waals surface area contributed by atoms with Crippen LogP contribution in [0.2, 0.25) is 0 Å². The van der Waals surface area contributed by atoms with Crippen molar-refractivity contribution in [3.63, 3.8) is 0 Å². The van der Waals surface area contributed by atoms with Crippen LogP contribution in [-0.4, -0.2) is 0 Å². The summed E-state index contributed by atoms with van der Waals surface area (Å²) >= 11 is -5.31. The van der Waals surface area contributed by atoms with Gasteiger partial charge in [0, 0.05) is 0 Å². The van der Waals surface area contributed by atoms with Crippen molar-refractivity contribution in [1.82, 2.24) is 0 Å². The zero-order valence-corrected chi connectivity index (χ0v) is 6.70. The van der Waals surface area contributed by atoms with E-state index in [1.54, 1.807) is 0 Å². The van der Waals surface area contributed by atoms with Gasteiger partial charge in [0.2, 0.25) is 0 Å². The van der Waals surface area contributed by atoms with E-state index in [1.807, 2.05) is 0 Å². The van der Waals surface area contributed by atoms with Crippen LogP contribution in [0.15, 0.2) is 0 Å². The van der Waals surface area contributed by atoms with Crippen LogP contribution in [0.25, 0.3) is 0 Å². The fourth-order valence-electron chi connectivity index (χ4n) is 0. The summed E-state index contributed by atoms with van der Waals surface area (Å²) in [5.41, 5.74) is 0. The Kier molecular flexibility index (Phi) is 2.03. The average molecular weight is 174 g/mol. The number of halogens is 4. The van der Waals surface area contributed by atoms with E-state index in [0.29, 0.717) is 0 Å². The molecule has 0 spiro atoms. The Balaban J connectivity index is 3.02. The molecule has 32 valence electrons. The summed E-state index contributed by atoms with van der Waals surface area (Å²) in [5, 5.41) is 0. The van der Waals surface area contributed by atoms with Gasteiger partial charge in [0.1, 0.15) is 0 Å². The first-order valence-corrected chi connectivity index (χ1v) is 11.1. The second kappa shape index (κ2) is 1.68. The van der Waals surface area contributed by atoms with E-state index < -0.39 is 13.8 Å². The fourth-order valence-corrected chi connectivity index (χ4v) is 0. The summed E-state index contributed by atoms with van der Waals surface area (Å²) in [6.07, 6.45) is 0. The minimum absolute atomic E-state index is 4.18. The van der Waals surface area contributed by atoms with Gasteiger partial charge in [-0.3, -0.25) is 0 Å². The van der Waals surface area contributed by atoms with Gasteiger partial charge in [-0.1, -0.05) is 0 Å². The van der Waals surface area contributed by atoms with Gasteiger partial charge < -0.3 is 0 Å². The Morgan fingerprint density at radius 1 is 1.20 bits per heavy atom. The fraction of sp³-hybridized carbons (Fsp3) is 0. The number of rotatable bonds is 0. The molecular formula is Cl2F2Zn-2. The molecule has 5 heteroatoms. The Morgan fingerprint density at radius 2 is 1.20 bits per heavy atom. The molecule has 0 saturated carbocycles. The predicted molar refractivity (Wildman–Crippen MR) is 13.9 cm³/mol. The van der Waals surface area contributed by atoms with Crippen molar-refractivity contribution in [1.29, 1.82) is 0 Å². The summed E-state index contributed by atoms with van der Waals surface area (Å²) in [7, 11) is 8.36. The SMILES string of the molecule is [F][Zn-2]([F])([Cl])[Cl]. The Morgan fingerprint density at radius 3 is 1.20 bits per heavy atom. The summed E-state index contributed by atoms with van der Waals surface area (Å²) in [5.74, 6) is 0. The van der Waals surface area contributed by atoms with E-state index >= 15 is 0 Å². The second-order valence-electron chi connectivity index (χ2n) is 0.606. The molecule has 0 amide bonds. The second-order valence-corrected chi connectivity index (χ2v) is 11.5.